The highest BCUT2D eigenvalue weighted by Gasteiger charge is 2.13. The molecule has 0 saturated carbocycles. The molecule has 0 aliphatic heterocycles. The van der Waals surface area contributed by atoms with Gasteiger partial charge in [0.25, 0.3) is 5.56 Å². The first-order chi connectivity index (χ1) is 13.5. The number of nitrogens with zero attached hydrogens (tertiary/aromatic N) is 4. The maximum Gasteiger partial charge on any atom is 0.276 e. The monoisotopic (exact) mass is 382 g/mol. The average Bonchev–Trinajstić information content (AvgIpc) is 3.13. The Morgan fingerprint density at radius 3 is 2.75 bits per heavy atom. The van der Waals surface area contributed by atoms with E-state index in [4.69, 9.17) is 4.74 Å². The lowest BCUT2D eigenvalue weighted by Crippen LogP contribution is -2.27. The van der Waals surface area contributed by atoms with Gasteiger partial charge in [-0.05, 0) is 24.6 Å². The summed E-state index contributed by atoms with van der Waals surface area (Å²) in [5.41, 5.74) is 1.85. The number of rotatable bonds is 8. The molecule has 148 valence electrons. The minimum Gasteiger partial charge on any atom is -0.493 e. The number of amides is 1. The molecule has 2 heterocycles. The van der Waals surface area contributed by atoms with Crippen molar-refractivity contribution in [3.8, 4) is 17.0 Å². The molecule has 7 nitrogen and oxygen atoms in total. The van der Waals surface area contributed by atoms with Crippen LogP contribution in [0.4, 0.5) is 0 Å². The van der Waals surface area contributed by atoms with Crippen LogP contribution in [-0.4, -0.2) is 45.7 Å². The summed E-state index contributed by atoms with van der Waals surface area (Å²) in [5.74, 6) is 0.746. The topological polar surface area (TPSA) is 68.8 Å². The summed E-state index contributed by atoms with van der Waals surface area (Å²) in [6.07, 6.45) is 5.72. The van der Waals surface area contributed by atoms with Crippen LogP contribution in [-0.2, 0) is 11.3 Å². The second kappa shape index (κ2) is 8.73. The quantitative estimate of drug-likeness (QED) is 0.562. The first-order valence-corrected chi connectivity index (χ1v) is 9.52. The fraction of sp³-hybridized carbons (Fsp3) is 0.381. The lowest BCUT2D eigenvalue weighted by atomic mass is 10.1. The number of ether oxygens (including phenoxy) is 1. The minimum atomic E-state index is -0.169. The summed E-state index contributed by atoms with van der Waals surface area (Å²) in [5, 5.41) is 4.55. The van der Waals surface area contributed by atoms with E-state index < -0.39 is 0 Å². The van der Waals surface area contributed by atoms with Crippen molar-refractivity contribution >= 4 is 11.4 Å². The smallest absolute Gasteiger partial charge is 0.276 e. The average molecular weight is 382 g/mol. The van der Waals surface area contributed by atoms with E-state index in [1.54, 1.807) is 41.6 Å². The molecule has 1 amide bonds. The third kappa shape index (κ3) is 4.24. The predicted octanol–water partition coefficient (Wildman–Crippen LogP) is 2.82. The number of hydrogen-bond donors (Lipinski definition) is 0. The largest absolute Gasteiger partial charge is 0.493 e. The van der Waals surface area contributed by atoms with E-state index in [-0.39, 0.29) is 17.9 Å². The summed E-state index contributed by atoms with van der Waals surface area (Å²) in [7, 11) is 3.41. The summed E-state index contributed by atoms with van der Waals surface area (Å²) in [4.78, 5) is 26.1. The highest BCUT2D eigenvalue weighted by atomic mass is 16.5. The molecule has 0 radical (unpaired) electrons. The maximum absolute atomic E-state index is 12.8. The number of hydrogen-bond acceptors (Lipinski definition) is 4. The standard InChI is InChI=1S/C21H26N4O3/c1-4-5-14-28-19-9-7-6-8-16(19)17-15-18-21(27)24(12-13-25(18)22-17)11-10-20(26)23(2)3/h6-9,12-13,15H,4-5,10-11,14H2,1-3H3. The van der Waals surface area contributed by atoms with Crippen LogP contribution < -0.4 is 10.3 Å². The van der Waals surface area contributed by atoms with Crippen molar-refractivity contribution in [3.05, 3.63) is 53.1 Å². The van der Waals surface area contributed by atoms with Gasteiger partial charge in [-0.1, -0.05) is 25.5 Å². The van der Waals surface area contributed by atoms with Crippen LogP contribution >= 0.6 is 0 Å². The van der Waals surface area contributed by atoms with Gasteiger partial charge < -0.3 is 14.2 Å². The van der Waals surface area contributed by atoms with Crippen LogP contribution in [0, 0.1) is 0 Å². The van der Waals surface area contributed by atoms with Crippen LogP contribution in [0.3, 0.4) is 0 Å². The molecule has 0 fully saturated rings. The minimum absolute atomic E-state index is 0.0147. The highest BCUT2D eigenvalue weighted by molar-refractivity contribution is 5.75. The van der Waals surface area contributed by atoms with Gasteiger partial charge in [-0.2, -0.15) is 5.10 Å². The first-order valence-electron chi connectivity index (χ1n) is 9.52. The Hall–Kier alpha value is -3.09. The van der Waals surface area contributed by atoms with Crippen molar-refractivity contribution in [1.82, 2.24) is 19.1 Å². The van der Waals surface area contributed by atoms with Gasteiger partial charge in [-0.15, -0.1) is 0 Å². The van der Waals surface area contributed by atoms with Gasteiger partial charge in [0.05, 0.1) is 12.3 Å². The van der Waals surface area contributed by atoms with Gasteiger partial charge >= 0.3 is 0 Å². The van der Waals surface area contributed by atoms with E-state index in [1.807, 2.05) is 24.3 Å². The molecule has 0 spiro atoms. The van der Waals surface area contributed by atoms with Crippen molar-refractivity contribution in [2.45, 2.75) is 32.7 Å². The van der Waals surface area contributed by atoms with Crippen LogP contribution in [0.5, 0.6) is 5.75 Å². The molecule has 0 aliphatic carbocycles. The number of unbranched alkanes of at least 4 members (excludes halogenated alkanes) is 1. The number of fused-ring (bicyclic) bond motifs is 1. The van der Waals surface area contributed by atoms with Gasteiger partial charge in [-0.3, -0.25) is 9.59 Å². The summed E-state index contributed by atoms with van der Waals surface area (Å²) in [6.45, 7) is 3.10. The van der Waals surface area contributed by atoms with Crippen molar-refractivity contribution in [3.63, 3.8) is 0 Å². The normalized spacial score (nSPS) is 11.0. The zero-order chi connectivity index (χ0) is 20.1. The molecular formula is C21H26N4O3. The summed E-state index contributed by atoms with van der Waals surface area (Å²) >= 11 is 0. The third-order valence-corrected chi connectivity index (χ3v) is 4.59. The molecule has 0 saturated heterocycles. The number of carbonyl (C=O) groups is 1. The van der Waals surface area contributed by atoms with Gasteiger partial charge in [0.1, 0.15) is 11.3 Å². The Morgan fingerprint density at radius 2 is 2.00 bits per heavy atom. The van der Waals surface area contributed by atoms with E-state index >= 15 is 0 Å². The zero-order valence-corrected chi connectivity index (χ0v) is 16.6. The van der Waals surface area contributed by atoms with Gasteiger partial charge in [0, 0.05) is 45.0 Å². The summed E-state index contributed by atoms with van der Waals surface area (Å²) in [6, 6.07) is 9.48. The molecule has 3 rings (SSSR count). The van der Waals surface area contributed by atoms with E-state index in [9.17, 15) is 9.59 Å². The molecule has 3 aromatic rings. The molecule has 28 heavy (non-hydrogen) atoms. The Labute approximate surface area is 164 Å². The van der Waals surface area contributed by atoms with E-state index in [0.717, 1.165) is 24.2 Å². The van der Waals surface area contributed by atoms with E-state index in [1.165, 1.54) is 4.90 Å². The van der Waals surface area contributed by atoms with Crippen molar-refractivity contribution in [2.75, 3.05) is 20.7 Å². The van der Waals surface area contributed by atoms with Crippen molar-refractivity contribution < 1.29 is 9.53 Å². The lowest BCUT2D eigenvalue weighted by molar-refractivity contribution is -0.128. The van der Waals surface area contributed by atoms with Gasteiger partial charge in [0.2, 0.25) is 5.91 Å². The number of benzene rings is 1. The molecule has 7 heteroatoms. The lowest BCUT2D eigenvalue weighted by Gasteiger charge is -2.10. The molecule has 0 bridgehead atoms. The van der Waals surface area contributed by atoms with Crippen molar-refractivity contribution in [1.29, 1.82) is 0 Å². The first kappa shape index (κ1) is 19.7. The number of aryl methyl sites for hydroxylation is 1. The Kier molecular flexibility index (Phi) is 6.13. The van der Waals surface area contributed by atoms with Gasteiger partial charge in [0.15, 0.2) is 0 Å². The second-order valence-corrected chi connectivity index (χ2v) is 6.89. The Morgan fingerprint density at radius 1 is 1.21 bits per heavy atom. The SMILES string of the molecule is CCCCOc1ccccc1-c1cc2c(=O)n(CCC(=O)N(C)C)ccn2n1. The maximum atomic E-state index is 12.8. The number of carbonyl (C=O) groups excluding carboxylic acids is 1. The van der Waals surface area contributed by atoms with E-state index in [0.29, 0.717) is 24.4 Å². The highest BCUT2D eigenvalue weighted by Crippen LogP contribution is 2.29. The van der Waals surface area contributed by atoms with Crippen LogP contribution in [0.25, 0.3) is 16.8 Å². The molecule has 2 aromatic heterocycles. The van der Waals surface area contributed by atoms with Crippen LogP contribution in [0.1, 0.15) is 26.2 Å². The van der Waals surface area contributed by atoms with Crippen LogP contribution in [0.15, 0.2) is 47.5 Å². The molecule has 0 atom stereocenters. The Bertz CT molecular complexity index is 1020. The predicted molar refractivity (Wildman–Crippen MR) is 109 cm³/mol. The fourth-order valence-electron chi connectivity index (χ4n) is 2.90. The number of para-hydroxylation sites is 1. The fourth-order valence-corrected chi connectivity index (χ4v) is 2.90. The molecule has 0 unspecified atom stereocenters. The van der Waals surface area contributed by atoms with E-state index in [2.05, 4.69) is 12.0 Å². The number of aromatic nitrogens is 3. The third-order valence-electron chi connectivity index (χ3n) is 4.59. The van der Waals surface area contributed by atoms with Crippen molar-refractivity contribution in [2.24, 2.45) is 0 Å². The van der Waals surface area contributed by atoms with Crippen LogP contribution in [0.2, 0.25) is 0 Å². The Balaban J connectivity index is 1.90. The molecular weight excluding hydrogens is 356 g/mol. The molecule has 0 aliphatic rings. The molecule has 0 N–H and O–H groups in total. The second-order valence-electron chi connectivity index (χ2n) is 6.89. The zero-order valence-electron chi connectivity index (χ0n) is 16.6. The molecule has 1 aromatic carbocycles. The summed E-state index contributed by atoms with van der Waals surface area (Å²) < 4.78 is 9.02. The van der Waals surface area contributed by atoms with Gasteiger partial charge in [-0.25, -0.2) is 4.52 Å².